The molecule has 0 saturated heterocycles. The predicted octanol–water partition coefficient (Wildman–Crippen LogP) is -2.33. The molecule has 0 rings (SSSR count). The first-order valence-electron chi connectivity index (χ1n) is 7.17. The van der Waals surface area contributed by atoms with Gasteiger partial charge in [0.05, 0.1) is 0 Å². The van der Waals surface area contributed by atoms with Gasteiger partial charge in [0.15, 0.2) is 0 Å². The zero-order valence-corrected chi connectivity index (χ0v) is 15.1. The number of nitrogens with two attached hydrogens (primary N) is 1. The van der Waals surface area contributed by atoms with E-state index in [0.29, 0.717) is 6.42 Å². The predicted molar refractivity (Wildman–Crippen MR) is 71.3 cm³/mol. The molecule has 0 saturated carbocycles. The Labute approximate surface area is 148 Å². The van der Waals surface area contributed by atoms with E-state index in [4.69, 9.17) is 5.73 Å². The summed E-state index contributed by atoms with van der Waals surface area (Å²) in [6.07, 6.45) is 6.92. The summed E-state index contributed by atoms with van der Waals surface area (Å²) in [7, 11) is 0. The van der Waals surface area contributed by atoms with Gasteiger partial charge in [0, 0.05) is 18.8 Å². The number of carbonyl (C=O) groups excluding carboxylic acids is 3. The maximum atomic E-state index is 11.3. The Morgan fingerprint density at radius 2 is 1.57 bits per heavy atom. The number of unbranched alkanes of at least 4 members (excludes halogenated alkanes) is 6. The average molecular weight is 309 g/mol. The molecule has 2 N–H and O–H groups in total. The molecule has 116 valence electrons. The first-order chi connectivity index (χ1) is 9.47. The van der Waals surface area contributed by atoms with Gasteiger partial charge >= 0.3 is 41.5 Å². The molecule has 0 bridgehead atoms. The second-order valence-corrected chi connectivity index (χ2v) is 4.85. The Balaban J connectivity index is 0. The molecule has 1 unspecified atom stereocenters. The normalized spacial score (nSPS) is 11.3. The number of hydrogen-bond donors (Lipinski definition) is 1. The SMILES string of the molecule is CCCCCCCCCC(=O)OC(=O)C(N)CC(=O)[O-].[Na+]. The number of aliphatic carboxylic acids is 1. The molecule has 0 spiro atoms. The van der Waals surface area contributed by atoms with E-state index in [9.17, 15) is 19.5 Å². The Hall–Kier alpha value is -0.430. The quantitative estimate of drug-likeness (QED) is 0.198. The van der Waals surface area contributed by atoms with Crippen molar-refractivity contribution in [2.45, 2.75) is 70.8 Å². The molecule has 0 amide bonds. The van der Waals surface area contributed by atoms with E-state index in [2.05, 4.69) is 11.7 Å². The van der Waals surface area contributed by atoms with Gasteiger partial charge in [0.25, 0.3) is 0 Å². The molecule has 0 fully saturated rings. The van der Waals surface area contributed by atoms with Crippen LogP contribution in [-0.2, 0) is 19.1 Å². The first kappa shape index (κ1) is 22.8. The van der Waals surface area contributed by atoms with Gasteiger partial charge in [0.2, 0.25) is 0 Å². The van der Waals surface area contributed by atoms with Crippen LogP contribution < -0.4 is 40.4 Å². The summed E-state index contributed by atoms with van der Waals surface area (Å²) >= 11 is 0. The maximum Gasteiger partial charge on any atom is 1.00 e. The molecule has 21 heavy (non-hydrogen) atoms. The number of carboxylic acids is 1. The molecule has 0 aromatic rings. The van der Waals surface area contributed by atoms with Crippen LogP contribution in [0.2, 0.25) is 0 Å². The molecule has 7 heteroatoms. The Morgan fingerprint density at radius 3 is 2.10 bits per heavy atom. The van der Waals surface area contributed by atoms with E-state index >= 15 is 0 Å². The molecule has 1 atom stereocenters. The molecular formula is C14H24NNaO5. The van der Waals surface area contributed by atoms with Crippen molar-refractivity contribution < 1.29 is 53.8 Å². The molecule has 0 aliphatic rings. The third-order valence-electron chi connectivity index (χ3n) is 2.89. The van der Waals surface area contributed by atoms with Crippen LogP contribution in [0.3, 0.4) is 0 Å². The summed E-state index contributed by atoms with van der Waals surface area (Å²) < 4.78 is 4.46. The van der Waals surface area contributed by atoms with Crippen molar-refractivity contribution in [1.29, 1.82) is 0 Å². The topological polar surface area (TPSA) is 110 Å². The number of rotatable bonds is 11. The monoisotopic (exact) mass is 309 g/mol. The van der Waals surface area contributed by atoms with Gasteiger partial charge in [-0.05, 0) is 6.42 Å². The van der Waals surface area contributed by atoms with Gasteiger partial charge in [-0.2, -0.15) is 0 Å². The number of esters is 2. The van der Waals surface area contributed by atoms with E-state index in [1.165, 1.54) is 19.3 Å². The van der Waals surface area contributed by atoms with Crippen molar-refractivity contribution in [3.8, 4) is 0 Å². The summed E-state index contributed by atoms with van der Waals surface area (Å²) in [4.78, 5) is 32.8. The van der Waals surface area contributed by atoms with E-state index < -0.39 is 30.4 Å². The minimum atomic E-state index is -1.45. The van der Waals surface area contributed by atoms with Crippen molar-refractivity contribution in [2.75, 3.05) is 0 Å². The summed E-state index contributed by atoms with van der Waals surface area (Å²) in [6.45, 7) is 2.15. The molecule has 0 aromatic carbocycles. The van der Waals surface area contributed by atoms with Crippen LogP contribution in [0, 0.1) is 0 Å². The van der Waals surface area contributed by atoms with Crippen molar-refractivity contribution in [3.63, 3.8) is 0 Å². The van der Waals surface area contributed by atoms with E-state index in [1.807, 2.05) is 0 Å². The molecule has 6 nitrogen and oxygen atoms in total. The first-order valence-corrected chi connectivity index (χ1v) is 7.17. The van der Waals surface area contributed by atoms with Gasteiger partial charge in [-0.25, -0.2) is 4.79 Å². The molecular weight excluding hydrogens is 285 g/mol. The Bertz CT molecular complexity index is 322. The number of carbonyl (C=O) groups is 3. The van der Waals surface area contributed by atoms with Crippen LogP contribution >= 0.6 is 0 Å². The van der Waals surface area contributed by atoms with Gasteiger partial charge in [-0.3, -0.25) is 4.79 Å². The number of carboxylic acid groups (broad SMARTS) is 1. The van der Waals surface area contributed by atoms with Crippen LogP contribution in [-0.4, -0.2) is 23.9 Å². The molecule has 0 aromatic heterocycles. The largest absolute Gasteiger partial charge is 1.00 e. The molecule has 0 heterocycles. The maximum absolute atomic E-state index is 11.3. The zero-order valence-electron chi connectivity index (χ0n) is 13.1. The smallest absolute Gasteiger partial charge is 0.550 e. The Morgan fingerprint density at radius 1 is 1.05 bits per heavy atom. The Kier molecular flexibility index (Phi) is 15.8. The number of hydrogen-bond acceptors (Lipinski definition) is 6. The summed E-state index contributed by atoms with van der Waals surface area (Å²) in [5.41, 5.74) is 5.24. The van der Waals surface area contributed by atoms with Crippen molar-refractivity contribution in [2.24, 2.45) is 5.73 Å². The van der Waals surface area contributed by atoms with Crippen LogP contribution in [0.1, 0.15) is 64.7 Å². The average Bonchev–Trinajstić information content (AvgIpc) is 2.36. The summed E-state index contributed by atoms with van der Waals surface area (Å²) in [5.74, 6) is -3.12. The minimum Gasteiger partial charge on any atom is -0.550 e. The summed E-state index contributed by atoms with van der Waals surface area (Å²) in [6, 6.07) is -1.35. The fourth-order valence-electron chi connectivity index (χ4n) is 1.73. The van der Waals surface area contributed by atoms with Crippen LogP contribution in [0.25, 0.3) is 0 Å². The zero-order chi connectivity index (χ0) is 15.4. The molecule has 0 aliphatic carbocycles. The standard InChI is InChI=1S/C14H25NO5.Na/c1-2-3-4-5-6-7-8-9-13(18)20-14(19)11(15)10-12(16)17;/h11H,2-10,15H2,1H3,(H,16,17);/q;+1/p-1. The third-order valence-corrected chi connectivity index (χ3v) is 2.89. The van der Waals surface area contributed by atoms with E-state index in [-0.39, 0.29) is 36.0 Å². The van der Waals surface area contributed by atoms with Crippen LogP contribution in [0.5, 0.6) is 0 Å². The van der Waals surface area contributed by atoms with Crippen LogP contribution in [0.15, 0.2) is 0 Å². The van der Waals surface area contributed by atoms with Gasteiger partial charge < -0.3 is 20.4 Å². The van der Waals surface area contributed by atoms with E-state index in [0.717, 1.165) is 19.3 Å². The second-order valence-electron chi connectivity index (χ2n) is 4.85. The van der Waals surface area contributed by atoms with Gasteiger partial charge in [0.1, 0.15) is 6.04 Å². The van der Waals surface area contributed by atoms with E-state index in [1.54, 1.807) is 0 Å². The van der Waals surface area contributed by atoms with Gasteiger partial charge in [-0.1, -0.05) is 45.4 Å². The van der Waals surface area contributed by atoms with Gasteiger partial charge in [-0.15, -0.1) is 0 Å². The summed E-state index contributed by atoms with van der Waals surface area (Å²) in [5, 5.41) is 10.2. The molecule has 0 aliphatic heterocycles. The van der Waals surface area contributed by atoms with Crippen molar-refractivity contribution >= 4 is 17.9 Å². The number of ether oxygens (including phenoxy) is 1. The minimum absolute atomic E-state index is 0. The van der Waals surface area contributed by atoms with Crippen molar-refractivity contribution in [1.82, 2.24) is 0 Å². The second kappa shape index (κ2) is 14.5. The van der Waals surface area contributed by atoms with Crippen LogP contribution in [0.4, 0.5) is 0 Å². The molecule has 0 radical (unpaired) electrons. The third kappa shape index (κ3) is 14.3. The van der Waals surface area contributed by atoms with Crippen molar-refractivity contribution in [3.05, 3.63) is 0 Å². The fraction of sp³-hybridized carbons (Fsp3) is 0.786. The fourth-order valence-corrected chi connectivity index (χ4v) is 1.73.